The number of likely N-dealkylation sites (tertiary alicyclic amines) is 1. The first-order valence-corrected chi connectivity index (χ1v) is 16.5. The number of anilines is 2. The van der Waals surface area contributed by atoms with Gasteiger partial charge in [-0.05, 0) is 54.7 Å². The summed E-state index contributed by atoms with van der Waals surface area (Å²) >= 11 is 0. The number of carbonyl (C=O) groups is 2. The maximum atomic E-state index is 14.1. The van der Waals surface area contributed by atoms with Crippen LogP contribution in [0, 0.1) is 11.3 Å². The summed E-state index contributed by atoms with van der Waals surface area (Å²) in [6.45, 7) is 1.17. The van der Waals surface area contributed by atoms with Crippen LogP contribution in [0.4, 0.5) is 11.4 Å². The average Bonchev–Trinajstić information content (AvgIpc) is 3.59. The molecule has 1 aliphatic heterocycles. The molecule has 2 unspecified atom stereocenters. The molecule has 1 saturated heterocycles. The second-order valence-electron chi connectivity index (χ2n) is 11.5. The number of nitrogens with zero attached hydrogens (tertiary/aromatic N) is 3. The van der Waals surface area contributed by atoms with E-state index in [1.54, 1.807) is 65.6 Å². The number of benzene rings is 4. The number of hydrogen-bond donors (Lipinski definition) is 2. The first-order valence-electron chi connectivity index (χ1n) is 15.0. The van der Waals surface area contributed by atoms with E-state index in [0.717, 1.165) is 29.5 Å². The number of fused-ring (bicyclic) bond motifs is 1. The van der Waals surface area contributed by atoms with Crippen LogP contribution in [0.15, 0.2) is 91.0 Å². The van der Waals surface area contributed by atoms with Crippen LogP contribution >= 0.6 is 0 Å². The van der Waals surface area contributed by atoms with Crippen molar-refractivity contribution >= 4 is 44.0 Å². The van der Waals surface area contributed by atoms with E-state index in [4.69, 9.17) is 0 Å². The van der Waals surface area contributed by atoms with Crippen LogP contribution in [0.25, 0.3) is 10.8 Å². The van der Waals surface area contributed by atoms with Crippen molar-refractivity contribution < 1.29 is 18.0 Å². The van der Waals surface area contributed by atoms with Crippen LogP contribution in [0.5, 0.6) is 0 Å². The van der Waals surface area contributed by atoms with Gasteiger partial charge in [0, 0.05) is 50.1 Å². The van der Waals surface area contributed by atoms with Crippen LogP contribution in [0.2, 0.25) is 0 Å². The van der Waals surface area contributed by atoms with Crippen molar-refractivity contribution in [2.45, 2.75) is 37.0 Å². The summed E-state index contributed by atoms with van der Waals surface area (Å²) in [5, 5.41) is 12.1. The Labute approximate surface area is 264 Å². The zero-order valence-electron chi connectivity index (χ0n) is 25.4. The third-order valence-corrected chi connectivity index (χ3v) is 9.75. The molecule has 9 nitrogen and oxygen atoms in total. The monoisotopic (exact) mass is 623 g/mol. The Hall–Kier alpha value is -4.88. The molecule has 2 amide bonds. The molecule has 0 saturated carbocycles. The number of nitriles is 1. The van der Waals surface area contributed by atoms with Crippen LogP contribution in [-0.2, 0) is 32.5 Å². The highest BCUT2D eigenvalue weighted by Gasteiger charge is 2.37. The van der Waals surface area contributed by atoms with Gasteiger partial charge in [-0.25, -0.2) is 8.42 Å². The maximum Gasteiger partial charge on any atom is 0.245 e. The number of hydrogen-bond acceptors (Lipinski definition) is 6. The van der Waals surface area contributed by atoms with Gasteiger partial charge >= 0.3 is 0 Å². The van der Waals surface area contributed by atoms with Gasteiger partial charge in [0.05, 0.1) is 17.3 Å². The van der Waals surface area contributed by atoms with Crippen LogP contribution in [0.3, 0.4) is 0 Å². The molecule has 0 spiro atoms. The molecule has 1 heterocycles. The minimum Gasteiger partial charge on any atom is -0.377 e. The highest BCUT2D eigenvalue weighted by Crippen LogP contribution is 2.32. The molecule has 1 fully saturated rings. The summed E-state index contributed by atoms with van der Waals surface area (Å²) in [6, 6.07) is 27.9. The summed E-state index contributed by atoms with van der Waals surface area (Å²) in [7, 11) is -0.466. The summed E-state index contributed by atoms with van der Waals surface area (Å²) in [6.07, 6.45) is 1.82. The molecule has 0 aliphatic carbocycles. The lowest BCUT2D eigenvalue weighted by atomic mass is 10.0. The molecule has 2 N–H and O–H groups in total. The van der Waals surface area contributed by atoms with Crippen molar-refractivity contribution in [2.24, 2.45) is 0 Å². The molecule has 2 atom stereocenters. The van der Waals surface area contributed by atoms with E-state index < -0.39 is 27.2 Å². The molecule has 4 aromatic rings. The topological polar surface area (TPSA) is 123 Å². The van der Waals surface area contributed by atoms with Gasteiger partial charge in [0.25, 0.3) is 0 Å². The van der Waals surface area contributed by atoms with E-state index in [1.807, 2.05) is 49.3 Å². The van der Waals surface area contributed by atoms with Crippen molar-refractivity contribution in [3.63, 3.8) is 0 Å². The Morgan fingerprint density at radius 1 is 0.844 bits per heavy atom. The van der Waals surface area contributed by atoms with E-state index in [9.17, 15) is 23.3 Å². The second-order valence-corrected chi connectivity index (χ2v) is 13.4. The molecular weight excluding hydrogens is 586 g/mol. The molecule has 0 radical (unpaired) electrons. The number of nitrogens with one attached hydrogen (secondary N) is 2. The largest absolute Gasteiger partial charge is 0.377 e. The van der Waals surface area contributed by atoms with Gasteiger partial charge < -0.3 is 15.1 Å². The lowest BCUT2D eigenvalue weighted by molar-refractivity contribution is -0.135. The minimum atomic E-state index is -4.31. The van der Waals surface area contributed by atoms with Crippen molar-refractivity contribution in [1.29, 1.82) is 5.26 Å². The van der Waals surface area contributed by atoms with Crippen molar-refractivity contribution in [1.82, 2.24) is 10.2 Å². The van der Waals surface area contributed by atoms with E-state index in [2.05, 4.69) is 16.1 Å². The first kappa shape index (κ1) is 31.5. The highest BCUT2D eigenvalue weighted by molar-refractivity contribution is 7.94. The molecule has 45 heavy (non-hydrogen) atoms. The SMILES string of the molecule is CN(C)c1cccc2c(NS(=O)(=O)C(Cc3ccccc3)C(=O)NC(Cc3ccc(C#N)cc3)C(=O)N3CCCC3)cccc12. The fraction of sp³-hybridized carbons (Fsp3) is 0.286. The first-order chi connectivity index (χ1) is 21.7. The van der Waals surface area contributed by atoms with E-state index >= 15 is 0 Å². The second kappa shape index (κ2) is 13.8. The molecule has 4 aromatic carbocycles. The predicted octanol–water partition coefficient (Wildman–Crippen LogP) is 4.48. The van der Waals surface area contributed by atoms with Crippen LogP contribution < -0.4 is 14.9 Å². The van der Waals surface area contributed by atoms with Gasteiger partial charge in [-0.3, -0.25) is 14.3 Å². The normalized spacial score (nSPS) is 14.4. The van der Waals surface area contributed by atoms with Gasteiger partial charge in [0.2, 0.25) is 21.8 Å². The quantitative estimate of drug-likeness (QED) is 0.254. The van der Waals surface area contributed by atoms with E-state index in [0.29, 0.717) is 35.3 Å². The smallest absolute Gasteiger partial charge is 0.245 e. The lowest BCUT2D eigenvalue weighted by Crippen LogP contribution is -2.53. The molecule has 0 bridgehead atoms. The fourth-order valence-electron chi connectivity index (χ4n) is 5.74. The van der Waals surface area contributed by atoms with Crippen LogP contribution in [-0.4, -0.2) is 63.6 Å². The van der Waals surface area contributed by atoms with Crippen molar-refractivity contribution in [3.8, 4) is 6.07 Å². The molecule has 232 valence electrons. The molecule has 0 aromatic heterocycles. The number of rotatable bonds is 11. The van der Waals surface area contributed by atoms with E-state index in [-0.39, 0.29) is 18.7 Å². The summed E-state index contributed by atoms with van der Waals surface area (Å²) in [5.74, 6) is -1.01. The van der Waals surface area contributed by atoms with Gasteiger partial charge in [-0.15, -0.1) is 0 Å². The number of sulfonamides is 1. The van der Waals surface area contributed by atoms with Gasteiger partial charge in [0.1, 0.15) is 6.04 Å². The molecule has 1 aliphatic rings. The Morgan fingerprint density at radius 3 is 2.16 bits per heavy atom. The third kappa shape index (κ3) is 7.44. The summed E-state index contributed by atoms with van der Waals surface area (Å²) < 4.78 is 31.0. The fourth-order valence-corrected chi connectivity index (χ4v) is 7.13. The Morgan fingerprint density at radius 2 is 1.49 bits per heavy atom. The minimum absolute atomic E-state index is 0.0861. The Balaban J connectivity index is 1.48. The predicted molar refractivity (Wildman–Crippen MR) is 177 cm³/mol. The zero-order chi connectivity index (χ0) is 32.0. The van der Waals surface area contributed by atoms with Crippen molar-refractivity contribution in [2.75, 3.05) is 36.8 Å². The summed E-state index contributed by atoms with van der Waals surface area (Å²) in [4.78, 5) is 31.4. The Kier molecular flexibility index (Phi) is 9.69. The van der Waals surface area contributed by atoms with Crippen molar-refractivity contribution in [3.05, 3.63) is 108 Å². The molecule has 10 heteroatoms. The van der Waals surface area contributed by atoms with Gasteiger partial charge in [-0.2, -0.15) is 5.26 Å². The zero-order valence-corrected chi connectivity index (χ0v) is 26.3. The van der Waals surface area contributed by atoms with Gasteiger partial charge in [0.15, 0.2) is 5.25 Å². The van der Waals surface area contributed by atoms with E-state index in [1.165, 1.54) is 0 Å². The maximum absolute atomic E-state index is 14.1. The molecule has 5 rings (SSSR count). The number of amides is 2. The number of carbonyl (C=O) groups excluding carboxylic acids is 2. The van der Waals surface area contributed by atoms with Crippen LogP contribution in [0.1, 0.15) is 29.5 Å². The average molecular weight is 624 g/mol. The Bertz CT molecular complexity index is 1810. The van der Waals surface area contributed by atoms with Gasteiger partial charge in [-0.1, -0.05) is 66.7 Å². The summed E-state index contributed by atoms with van der Waals surface area (Å²) in [5.41, 5.74) is 3.20. The lowest BCUT2D eigenvalue weighted by Gasteiger charge is -2.26. The third-order valence-electron chi connectivity index (χ3n) is 8.12. The highest BCUT2D eigenvalue weighted by atomic mass is 32.2. The molecular formula is C35H37N5O4S. The standard InChI is InChI=1S/C35H37N5O4S/c1-39(2)32-15-9-12-28-29(32)13-8-14-30(28)38-45(43,44)33(23-25-10-4-3-5-11-25)34(41)37-31(35(42)40-20-6-7-21-40)22-26-16-18-27(24-36)19-17-26/h3-5,8-19,31,33,38H,6-7,20-23H2,1-2H3,(H,37,41).